The van der Waals surface area contributed by atoms with Crippen LogP contribution in [0.3, 0.4) is 0 Å². The third kappa shape index (κ3) is 5.45. The van der Waals surface area contributed by atoms with E-state index in [4.69, 9.17) is 5.11 Å². The van der Waals surface area contributed by atoms with Gasteiger partial charge < -0.3 is 5.11 Å². The Morgan fingerprint density at radius 3 is 2.54 bits per heavy atom. The van der Waals surface area contributed by atoms with Crippen molar-refractivity contribution >= 4 is 5.97 Å². The average Bonchev–Trinajstić information content (AvgIpc) is 2.10. The van der Waals surface area contributed by atoms with Gasteiger partial charge >= 0.3 is 5.97 Å². The normalized spacial score (nSPS) is 15.9. The van der Waals surface area contributed by atoms with Crippen LogP contribution in [0, 0.1) is 11.8 Å². The van der Waals surface area contributed by atoms with E-state index in [1.54, 1.807) is 6.92 Å². The van der Waals surface area contributed by atoms with Crippen molar-refractivity contribution in [2.24, 2.45) is 11.8 Å². The Bertz CT molecular complexity index is 173. The standard InChI is InChI=1S/C11H20O2/c1-4-5-6-7-8-9(2)10(3)11(12)13/h7-10H,4-6H2,1-3H3,(H,12,13)/b8-7+/t9-,10-/m1/s1. The minimum atomic E-state index is -0.715. The molecule has 0 bridgehead atoms. The van der Waals surface area contributed by atoms with Gasteiger partial charge in [0.1, 0.15) is 0 Å². The first-order chi connectivity index (χ1) is 6.09. The second-order valence-electron chi connectivity index (χ2n) is 3.56. The quantitative estimate of drug-likeness (QED) is 0.508. The zero-order valence-electron chi connectivity index (χ0n) is 8.79. The van der Waals surface area contributed by atoms with Crippen molar-refractivity contribution in [3.8, 4) is 0 Å². The highest BCUT2D eigenvalue weighted by Gasteiger charge is 2.15. The van der Waals surface area contributed by atoms with Crippen LogP contribution in [0.15, 0.2) is 12.2 Å². The highest BCUT2D eigenvalue weighted by molar-refractivity contribution is 5.70. The van der Waals surface area contributed by atoms with Crippen LogP contribution in [0.4, 0.5) is 0 Å². The lowest BCUT2D eigenvalue weighted by Crippen LogP contribution is -2.16. The molecule has 0 saturated heterocycles. The van der Waals surface area contributed by atoms with Crippen LogP contribution in [0.5, 0.6) is 0 Å². The Hall–Kier alpha value is -0.790. The predicted molar refractivity (Wildman–Crippen MR) is 54.6 cm³/mol. The second-order valence-corrected chi connectivity index (χ2v) is 3.56. The first-order valence-electron chi connectivity index (χ1n) is 4.99. The molecule has 0 aliphatic rings. The Kier molecular flexibility index (Phi) is 6.29. The maximum atomic E-state index is 10.6. The van der Waals surface area contributed by atoms with E-state index >= 15 is 0 Å². The summed E-state index contributed by atoms with van der Waals surface area (Å²) in [5, 5.41) is 8.72. The maximum Gasteiger partial charge on any atom is 0.306 e. The molecule has 0 aromatic heterocycles. The SMILES string of the molecule is CCCC/C=C/[C@@H](C)[C@@H](C)C(=O)O. The van der Waals surface area contributed by atoms with Crippen LogP contribution in [-0.4, -0.2) is 11.1 Å². The summed E-state index contributed by atoms with van der Waals surface area (Å²) in [5.74, 6) is -0.861. The lowest BCUT2D eigenvalue weighted by atomic mass is 9.95. The fourth-order valence-corrected chi connectivity index (χ4v) is 1.02. The summed E-state index contributed by atoms with van der Waals surface area (Å²) in [4.78, 5) is 10.6. The smallest absolute Gasteiger partial charge is 0.306 e. The molecule has 0 rings (SSSR count). The molecular formula is C11H20O2. The molecule has 0 aromatic rings. The largest absolute Gasteiger partial charge is 0.481 e. The van der Waals surface area contributed by atoms with Gasteiger partial charge in [0.05, 0.1) is 5.92 Å². The number of hydrogen-bond acceptors (Lipinski definition) is 1. The predicted octanol–water partition coefficient (Wildman–Crippen LogP) is 3.09. The summed E-state index contributed by atoms with van der Waals surface area (Å²) in [7, 11) is 0. The van der Waals surface area contributed by atoms with Crippen LogP contribution in [-0.2, 0) is 4.79 Å². The van der Waals surface area contributed by atoms with Crippen molar-refractivity contribution in [1.29, 1.82) is 0 Å². The molecule has 0 fully saturated rings. The molecule has 0 aliphatic carbocycles. The van der Waals surface area contributed by atoms with Gasteiger partial charge in [0.15, 0.2) is 0 Å². The fraction of sp³-hybridized carbons (Fsp3) is 0.727. The number of carboxylic acids is 1. The third-order valence-corrected chi connectivity index (χ3v) is 2.34. The number of aliphatic carboxylic acids is 1. The van der Waals surface area contributed by atoms with Gasteiger partial charge in [-0.3, -0.25) is 4.79 Å². The van der Waals surface area contributed by atoms with E-state index in [0.29, 0.717) is 0 Å². The summed E-state index contributed by atoms with van der Waals surface area (Å²) in [6, 6.07) is 0. The fourth-order valence-electron chi connectivity index (χ4n) is 1.02. The number of rotatable bonds is 6. The first-order valence-corrected chi connectivity index (χ1v) is 4.99. The molecule has 0 aromatic carbocycles. The Balaban J connectivity index is 3.77. The van der Waals surface area contributed by atoms with Crippen LogP contribution in [0.1, 0.15) is 40.0 Å². The summed E-state index contributed by atoms with van der Waals surface area (Å²) in [6.07, 6.45) is 7.53. The van der Waals surface area contributed by atoms with Crippen molar-refractivity contribution in [1.82, 2.24) is 0 Å². The lowest BCUT2D eigenvalue weighted by Gasteiger charge is -2.10. The maximum absolute atomic E-state index is 10.6. The highest BCUT2D eigenvalue weighted by Crippen LogP contribution is 2.13. The minimum absolute atomic E-state index is 0.134. The van der Waals surface area contributed by atoms with E-state index in [0.717, 1.165) is 6.42 Å². The molecule has 0 spiro atoms. The molecule has 2 atom stereocenters. The molecule has 0 radical (unpaired) electrons. The molecule has 0 heterocycles. The van der Waals surface area contributed by atoms with Crippen LogP contribution < -0.4 is 0 Å². The molecule has 76 valence electrons. The monoisotopic (exact) mass is 184 g/mol. The van der Waals surface area contributed by atoms with Crippen LogP contribution in [0.25, 0.3) is 0 Å². The molecule has 0 amide bonds. The van der Waals surface area contributed by atoms with Crippen LogP contribution in [0.2, 0.25) is 0 Å². The minimum Gasteiger partial charge on any atom is -0.481 e. The summed E-state index contributed by atoms with van der Waals surface area (Å²) >= 11 is 0. The van der Waals surface area contributed by atoms with E-state index in [-0.39, 0.29) is 11.8 Å². The average molecular weight is 184 g/mol. The Morgan fingerprint density at radius 2 is 2.08 bits per heavy atom. The number of hydrogen-bond donors (Lipinski definition) is 1. The Morgan fingerprint density at radius 1 is 1.46 bits per heavy atom. The van der Waals surface area contributed by atoms with E-state index in [2.05, 4.69) is 13.0 Å². The Labute approximate surface area is 80.7 Å². The molecule has 2 heteroatoms. The van der Waals surface area contributed by atoms with E-state index < -0.39 is 5.97 Å². The molecule has 0 unspecified atom stereocenters. The van der Waals surface area contributed by atoms with Gasteiger partial charge in [0, 0.05) is 0 Å². The molecule has 0 aliphatic heterocycles. The summed E-state index contributed by atoms with van der Waals surface area (Å²) in [6.45, 7) is 5.84. The number of unbranched alkanes of at least 4 members (excludes halogenated alkanes) is 2. The van der Waals surface area contributed by atoms with Crippen LogP contribution >= 0.6 is 0 Å². The van der Waals surface area contributed by atoms with Gasteiger partial charge in [-0.1, -0.05) is 45.8 Å². The van der Waals surface area contributed by atoms with E-state index in [9.17, 15) is 4.79 Å². The van der Waals surface area contributed by atoms with E-state index in [1.807, 2.05) is 13.0 Å². The number of allylic oxidation sites excluding steroid dienone is 2. The van der Waals surface area contributed by atoms with Crippen molar-refractivity contribution in [3.63, 3.8) is 0 Å². The third-order valence-electron chi connectivity index (χ3n) is 2.34. The lowest BCUT2D eigenvalue weighted by molar-refractivity contribution is -0.142. The van der Waals surface area contributed by atoms with Gasteiger partial charge in [0.25, 0.3) is 0 Å². The summed E-state index contributed by atoms with van der Waals surface area (Å²) < 4.78 is 0. The van der Waals surface area contributed by atoms with Crippen molar-refractivity contribution in [2.45, 2.75) is 40.0 Å². The first kappa shape index (κ1) is 12.2. The van der Waals surface area contributed by atoms with E-state index in [1.165, 1.54) is 12.8 Å². The van der Waals surface area contributed by atoms with Crippen molar-refractivity contribution in [2.75, 3.05) is 0 Å². The van der Waals surface area contributed by atoms with Gasteiger partial charge in [-0.15, -0.1) is 0 Å². The van der Waals surface area contributed by atoms with Crippen molar-refractivity contribution < 1.29 is 9.90 Å². The zero-order valence-corrected chi connectivity index (χ0v) is 8.79. The number of carboxylic acid groups (broad SMARTS) is 1. The van der Waals surface area contributed by atoms with Gasteiger partial charge in [-0.2, -0.15) is 0 Å². The van der Waals surface area contributed by atoms with Gasteiger partial charge in [-0.25, -0.2) is 0 Å². The molecule has 1 N–H and O–H groups in total. The van der Waals surface area contributed by atoms with Gasteiger partial charge in [0.2, 0.25) is 0 Å². The second kappa shape index (κ2) is 6.70. The van der Waals surface area contributed by atoms with Crippen molar-refractivity contribution in [3.05, 3.63) is 12.2 Å². The summed E-state index contributed by atoms with van der Waals surface area (Å²) in [5.41, 5.74) is 0. The number of carbonyl (C=O) groups is 1. The molecule has 13 heavy (non-hydrogen) atoms. The molecule has 0 saturated carbocycles. The molecule has 2 nitrogen and oxygen atoms in total. The zero-order chi connectivity index (χ0) is 10.3. The van der Waals surface area contributed by atoms with Gasteiger partial charge in [-0.05, 0) is 12.3 Å². The highest BCUT2D eigenvalue weighted by atomic mass is 16.4. The topological polar surface area (TPSA) is 37.3 Å². The molecular weight excluding hydrogens is 164 g/mol.